The zero-order valence-corrected chi connectivity index (χ0v) is 9.19. The molecular formula is C10H20N2O. The minimum absolute atomic E-state index is 0.00176. The summed E-state index contributed by atoms with van der Waals surface area (Å²) in [5.41, 5.74) is 0.532. The van der Waals surface area contributed by atoms with Gasteiger partial charge in [0.1, 0.15) is 0 Å². The van der Waals surface area contributed by atoms with Crippen molar-refractivity contribution in [2.24, 2.45) is 0 Å². The Morgan fingerprint density at radius 2 is 1.85 bits per heavy atom. The second-order valence-corrected chi connectivity index (χ2v) is 4.37. The largest absolute Gasteiger partial charge is 0.337 e. The molecule has 0 rings (SSSR count). The molecule has 0 fully saturated rings. The van der Waals surface area contributed by atoms with E-state index in [0.29, 0.717) is 5.57 Å². The summed E-state index contributed by atoms with van der Waals surface area (Å²) in [4.78, 5) is 11.2. The van der Waals surface area contributed by atoms with E-state index in [4.69, 9.17) is 0 Å². The lowest BCUT2D eigenvalue weighted by Crippen LogP contribution is -2.51. The zero-order chi connectivity index (χ0) is 10.6. The minimum atomic E-state index is -0.107. The van der Waals surface area contributed by atoms with Crippen LogP contribution in [0.1, 0.15) is 34.6 Å². The molecule has 13 heavy (non-hydrogen) atoms. The zero-order valence-electron chi connectivity index (χ0n) is 9.19. The van der Waals surface area contributed by atoms with Crippen molar-refractivity contribution in [1.29, 1.82) is 0 Å². The highest BCUT2D eigenvalue weighted by Gasteiger charge is 2.14. The lowest BCUT2D eigenvalue weighted by atomic mass is 10.1. The first-order valence-corrected chi connectivity index (χ1v) is 4.46. The predicted molar refractivity (Wildman–Crippen MR) is 55.3 cm³/mol. The third kappa shape index (κ3) is 6.34. The van der Waals surface area contributed by atoms with Gasteiger partial charge in [-0.1, -0.05) is 6.58 Å². The van der Waals surface area contributed by atoms with Gasteiger partial charge in [-0.25, -0.2) is 0 Å². The Labute approximate surface area is 80.6 Å². The van der Waals surface area contributed by atoms with Crippen LogP contribution in [-0.2, 0) is 4.79 Å². The van der Waals surface area contributed by atoms with Crippen LogP contribution in [0.2, 0.25) is 0 Å². The molecule has 1 unspecified atom stereocenters. The first-order chi connectivity index (χ1) is 5.72. The molecule has 76 valence electrons. The Hall–Kier alpha value is -0.830. The average molecular weight is 184 g/mol. The second kappa shape index (κ2) is 4.42. The van der Waals surface area contributed by atoms with Gasteiger partial charge in [-0.2, -0.15) is 0 Å². The molecule has 3 heteroatoms. The lowest BCUT2D eigenvalue weighted by Gasteiger charge is -2.26. The topological polar surface area (TPSA) is 41.1 Å². The fraction of sp³-hybridized carbons (Fsp3) is 0.700. The van der Waals surface area contributed by atoms with Crippen LogP contribution in [0.25, 0.3) is 0 Å². The van der Waals surface area contributed by atoms with Crippen molar-refractivity contribution in [1.82, 2.24) is 10.6 Å². The van der Waals surface area contributed by atoms with Crippen molar-refractivity contribution in [3.05, 3.63) is 12.2 Å². The molecule has 0 aromatic rings. The number of rotatable bonds is 3. The Kier molecular flexibility index (Phi) is 4.14. The molecule has 0 aliphatic heterocycles. The van der Waals surface area contributed by atoms with Crippen LogP contribution >= 0.6 is 0 Å². The van der Waals surface area contributed by atoms with Crippen molar-refractivity contribution < 1.29 is 4.79 Å². The van der Waals surface area contributed by atoms with Crippen molar-refractivity contribution in [3.8, 4) is 0 Å². The number of carbonyl (C=O) groups excluding carboxylic acids is 1. The molecule has 1 amide bonds. The van der Waals surface area contributed by atoms with E-state index >= 15 is 0 Å². The SMILES string of the molecule is C=C(C)C(=O)NC(C)NC(C)(C)C. The van der Waals surface area contributed by atoms with E-state index in [1.165, 1.54) is 0 Å². The van der Waals surface area contributed by atoms with Gasteiger partial charge in [0.15, 0.2) is 0 Å². The maximum atomic E-state index is 11.2. The van der Waals surface area contributed by atoms with E-state index in [9.17, 15) is 4.79 Å². The van der Waals surface area contributed by atoms with Gasteiger partial charge in [0, 0.05) is 11.1 Å². The number of carbonyl (C=O) groups is 1. The highest BCUT2D eigenvalue weighted by Crippen LogP contribution is 1.99. The van der Waals surface area contributed by atoms with Crippen molar-refractivity contribution >= 4 is 5.91 Å². The van der Waals surface area contributed by atoms with Gasteiger partial charge in [0.25, 0.3) is 0 Å². The van der Waals surface area contributed by atoms with Crippen LogP contribution in [0.3, 0.4) is 0 Å². The van der Waals surface area contributed by atoms with Crippen LogP contribution in [0.15, 0.2) is 12.2 Å². The number of amides is 1. The van der Waals surface area contributed by atoms with E-state index in [1.54, 1.807) is 6.92 Å². The Morgan fingerprint density at radius 3 is 2.15 bits per heavy atom. The Morgan fingerprint density at radius 1 is 1.38 bits per heavy atom. The summed E-state index contributed by atoms with van der Waals surface area (Å²) in [6, 6.07) is 0. The maximum absolute atomic E-state index is 11.2. The predicted octanol–water partition coefficient (Wildman–Crippen LogP) is 1.41. The summed E-state index contributed by atoms with van der Waals surface area (Å²) >= 11 is 0. The standard InChI is InChI=1S/C10H20N2O/c1-7(2)9(13)11-8(3)12-10(4,5)6/h8,12H,1H2,2-6H3,(H,11,13). The van der Waals surface area contributed by atoms with Crippen molar-refractivity contribution in [2.75, 3.05) is 0 Å². The summed E-state index contributed by atoms with van der Waals surface area (Å²) in [5.74, 6) is -0.107. The summed E-state index contributed by atoms with van der Waals surface area (Å²) in [7, 11) is 0. The molecule has 0 aromatic heterocycles. The third-order valence-corrected chi connectivity index (χ3v) is 1.38. The van der Waals surface area contributed by atoms with Gasteiger partial charge in [-0.15, -0.1) is 0 Å². The van der Waals surface area contributed by atoms with Crippen LogP contribution in [-0.4, -0.2) is 17.6 Å². The smallest absolute Gasteiger partial charge is 0.247 e. The van der Waals surface area contributed by atoms with Crippen LogP contribution < -0.4 is 10.6 Å². The van der Waals surface area contributed by atoms with E-state index in [-0.39, 0.29) is 17.6 Å². The Balaban J connectivity index is 3.95. The van der Waals surface area contributed by atoms with E-state index in [0.717, 1.165) is 0 Å². The van der Waals surface area contributed by atoms with Crippen LogP contribution in [0.4, 0.5) is 0 Å². The molecule has 0 heterocycles. The summed E-state index contributed by atoms with van der Waals surface area (Å²) in [6.07, 6.45) is -0.0378. The molecular weight excluding hydrogens is 164 g/mol. The quantitative estimate of drug-likeness (QED) is 0.514. The van der Waals surface area contributed by atoms with Gasteiger partial charge in [-0.3, -0.25) is 10.1 Å². The van der Waals surface area contributed by atoms with E-state index in [2.05, 4.69) is 38.0 Å². The van der Waals surface area contributed by atoms with Gasteiger partial charge in [0.05, 0.1) is 6.17 Å². The fourth-order valence-electron chi connectivity index (χ4n) is 1.01. The lowest BCUT2D eigenvalue weighted by molar-refractivity contribution is -0.118. The normalized spacial score (nSPS) is 13.6. The van der Waals surface area contributed by atoms with E-state index < -0.39 is 0 Å². The minimum Gasteiger partial charge on any atom is -0.337 e. The molecule has 0 spiro atoms. The van der Waals surface area contributed by atoms with Gasteiger partial charge >= 0.3 is 0 Å². The summed E-state index contributed by atoms with van der Waals surface area (Å²) < 4.78 is 0. The van der Waals surface area contributed by atoms with Gasteiger partial charge in [-0.05, 0) is 34.6 Å². The number of nitrogens with one attached hydrogen (secondary N) is 2. The fourth-order valence-corrected chi connectivity index (χ4v) is 1.01. The van der Waals surface area contributed by atoms with Gasteiger partial charge < -0.3 is 5.32 Å². The van der Waals surface area contributed by atoms with Crippen molar-refractivity contribution in [2.45, 2.75) is 46.3 Å². The average Bonchev–Trinajstić information content (AvgIpc) is 1.81. The summed E-state index contributed by atoms with van der Waals surface area (Å²) in [5, 5.41) is 6.02. The van der Waals surface area contributed by atoms with Gasteiger partial charge in [0.2, 0.25) is 5.91 Å². The molecule has 0 saturated heterocycles. The molecule has 3 nitrogen and oxygen atoms in total. The molecule has 0 aromatic carbocycles. The molecule has 2 N–H and O–H groups in total. The first kappa shape index (κ1) is 12.2. The summed E-state index contributed by atoms with van der Waals surface area (Å²) in [6.45, 7) is 13.3. The highest BCUT2D eigenvalue weighted by atomic mass is 16.1. The Bertz CT molecular complexity index is 203. The molecule has 0 aliphatic carbocycles. The second-order valence-electron chi connectivity index (χ2n) is 4.37. The number of hydrogen-bond acceptors (Lipinski definition) is 2. The molecule has 0 bridgehead atoms. The van der Waals surface area contributed by atoms with Crippen LogP contribution in [0, 0.1) is 0 Å². The molecule has 0 saturated carbocycles. The first-order valence-electron chi connectivity index (χ1n) is 4.46. The van der Waals surface area contributed by atoms with E-state index in [1.807, 2.05) is 6.92 Å². The third-order valence-electron chi connectivity index (χ3n) is 1.38. The number of hydrogen-bond donors (Lipinski definition) is 2. The van der Waals surface area contributed by atoms with Crippen LogP contribution in [0.5, 0.6) is 0 Å². The molecule has 1 atom stereocenters. The van der Waals surface area contributed by atoms with Crippen molar-refractivity contribution in [3.63, 3.8) is 0 Å². The monoisotopic (exact) mass is 184 g/mol. The highest BCUT2D eigenvalue weighted by molar-refractivity contribution is 5.92. The molecule has 0 aliphatic rings. The molecule has 0 radical (unpaired) electrons. The maximum Gasteiger partial charge on any atom is 0.247 e.